The van der Waals surface area contributed by atoms with Crippen molar-refractivity contribution in [1.29, 1.82) is 0 Å². The number of hydrogen-bond acceptors (Lipinski definition) is 8. The first-order valence-corrected chi connectivity index (χ1v) is 10.8. The number of nitrogens with two attached hydrogens (primary N) is 1. The molecule has 3 N–H and O–H groups in total. The van der Waals surface area contributed by atoms with E-state index in [1.54, 1.807) is 42.7 Å². The van der Waals surface area contributed by atoms with E-state index in [1.165, 1.54) is 13.4 Å². The summed E-state index contributed by atoms with van der Waals surface area (Å²) < 4.78 is 12.6. The molecule has 4 aromatic rings. The number of nitrogen functional groups attached to an aromatic ring is 1. The molecule has 10 heteroatoms. The summed E-state index contributed by atoms with van der Waals surface area (Å²) in [5, 5.41) is 10.1. The van der Waals surface area contributed by atoms with E-state index in [2.05, 4.69) is 20.4 Å². The van der Waals surface area contributed by atoms with E-state index in [0.717, 1.165) is 27.5 Å². The van der Waals surface area contributed by atoms with Crippen LogP contribution in [0.5, 0.6) is 5.75 Å². The minimum absolute atomic E-state index is 0.350. The van der Waals surface area contributed by atoms with Gasteiger partial charge in [0.2, 0.25) is 0 Å². The SMILES string of the molecule is COc1cc(-c2cc(-c3csc(C)n3)n3ncnc(N)c23)ccc1NC(=O)OC(C)(C)C. The van der Waals surface area contributed by atoms with Crippen molar-refractivity contribution in [2.24, 2.45) is 0 Å². The Labute approximate surface area is 189 Å². The number of ether oxygens (including phenoxy) is 2. The summed E-state index contributed by atoms with van der Waals surface area (Å²) in [7, 11) is 1.54. The van der Waals surface area contributed by atoms with Gasteiger partial charge in [-0.1, -0.05) is 6.07 Å². The van der Waals surface area contributed by atoms with Gasteiger partial charge in [-0.25, -0.2) is 19.3 Å². The van der Waals surface area contributed by atoms with E-state index < -0.39 is 11.7 Å². The van der Waals surface area contributed by atoms with Gasteiger partial charge in [0.05, 0.1) is 29.2 Å². The molecule has 0 aliphatic heterocycles. The molecular formula is C22H24N6O3S. The van der Waals surface area contributed by atoms with E-state index in [1.807, 2.05) is 30.5 Å². The smallest absolute Gasteiger partial charge is 0.412 e. The quantitative estimate of drug-likeness (QED) is 0.458. The van der Waals surface area contributed by atoms with Crippen LogP contribution < -0.4 is 15.8 Å². The third kappa shape index (κ3) is 4.22. The molecule has 0 bridgehead atoms. The number of fused-ring (bicyclic) bond motifs is 1. The van der Waals surface area contributed by atoms with Crippen molar-refractivity contribution in [3.63, 3.8) is 0 Å². The number of anilines is 2. The number of methoxy groups -OCH3 is 1. The lowest BCUT2D eigenvalue weighted by molar-refractivity contribution is 0.0635. The van der Waals surface area contributed by atoms with Crippen molar-refractivity contribution in [2.75, 3.05) is 18.2 Å². The largest absolute Gasteiger partial charge is 0.495 e. The number of nitrogens with one attached hydrogen (secondary N) is 1. The van der Waals surface area contributed by atoms with Crippen molar-refractivity contribution in [3.05, 3.63) is 41.0 Å². The molecule has 3 aromatic heterocycles. The molecule has 0 spiro atoms. The van der Waals surface area contributed by atoms with Gasteiger partial charge in [0.1, 0.15) is 23.2 Å². The lowest BCUT2D eigenvalue weighted by Gasteiger charge is -2.20. The molecule has 0 aliphatic rings. The van der Waals surface area contributed by atoms with Gasteiger partial charge in [-0.15, -0.1) is 11.3 Å². The van der Waals surface area contributed by atoms with Crippen molar-refractivity contribution in [2.45, 2.75) is 33.3 Å². The Morgan fingerprint density at radius 3 is 2.69 bits per heavy atom. The third-order valence-electron chi connectivity index (χ3n) is 4.61. The summed E-state index contributed by atoms with van der Waals surface area (Å²) in [4.78, 5) is 21.0. The lowest BCUT2D eigenvalue weighted by atomic mass is 10.1. The normalized spacial score (nSPS) is 11.5. The Morgan fingerprint density at radius 2 is 2.03 bits per heavy atom. The van der Waals surface area contributed by atoms with Crippen molar-refractivity contribution < 1.29 is 14.3 Å². The van der Waals surface area contributed by atoms with Crippen LogP contribution in [0.2, 0.25) is 0 Å². The number of hydrogen-bond donors (Lipinski definition) is 2. The predicted octanol–water partition coefficient (Wildman–Crippen LogP) is 4.77. The topological polar surface area (TPSA) is 117 Å². The van der Waals surface area contributed by atoms with E-state index in [4.69, 9.17) is 15.2 Å². The summed E-state index contributed by atoms with van der Waals surface area (Å²) in [6, 6.07) is 7.43. The minimum atomic E-state index is -0.606. The standard InChI is InChI=1S/C22H24N6O3S/c1-12-26-16(10-32-12)17-9-14(19-20(23)24-11-25-28(17)19)13-6-7-15(18(8-13)30-5)27-21(29)31-22(2,3)4/h6-11H,1-5H3,(H,27,29)(H2,23,24,25). The van der Waals surface area contributed by atoms with Crippen LogP contribution in [0.4, 0.5) is 16.3 Å². The molecule has 0 atom stereocenters. The van der Waals surface area contributed by atoms with Crippen LogP contribution in [0.25, 0.3) is 28.0 Å². The highest BCUT2D eigenvalue weighted by molar-refractivity contribution is 7.09. The molecule has 0 saturated carbocycles. The first-order valence-electron chi connectivity index (χ1n) is 9.89. The summed E-state index contributed by atoms with van der Waals surface area (Å²) in [5.74, 6) is 0.831. The zero-order chi connectivity index (χ0) is 23.0. The second-order valence-corrected chi connectivity index (χ2v) is 9.20. The Bertz CT molecular complexity index is 1300. The Balaban J connectivity index is 1.78. The zero-order valence-corrected chi connectivity index (χ0v) is 19.3. The monoisotopic (exact) mass is 452 g/mol. The maximum Gasteiger partial charge on any atom is 0.412 e. The van der Waals surface area contributed by atoms with Crippen molar-refractivity contribution >= 4 is 34.5 Å². The van der Waals surface area contributed by atoms with Gasteiger partial charge >= 0.3 is 6.09 Å². The minimum Gasteiger partial charge on any atom is -0.495 e. The molecule has 1 amide bonds. The number of aryl methyl sites for hydroxylation is 1. The average Bonchev–Trinajstić information content (AvgIpc) is 3.31. The van der Waals surface area contributed by atoms with E-state index in [9.17, 15) is 4.79 Å². The van der Waals surface area contributed by atoms with Gasteiger partial charge in [0, 0.05) is 10.9 Å². The van der Waals surface area contributed by atoms with E-state index in [0.29, 0.717) is 22.8 Å². The Morgan fingerprint density at radius 1 is 1.25 bits per heavy atom. The third-order valence-corrected chi connectivity index (χ3v) is 5.39. The first kappa shape index (κ1) is 21.6. The van der Waals surface area contributed by atoms with Crippen LogP contribution in [0.1, 0.15) is 25.8 Å². The van der Waals surface area contributed by atoms with Gasteiger partial charge in [-0.3, -0.25) is 5.32 Å². The van der Waals surface area contributed by atoms with Gasteiger partial charge < -0.3 is 15.2 Å². The number of benzene rings is 1. The van der Waals surface area contributed by atoms with Crippen LogP contribution in [-0.2, 0) is 4.74 Å². The highest BCUT2D eigenvalue weighted by Gasteiger charge is 2.20. The van der Waals surface area contributed by atoms with Crippen LogP contribution in [-0.4, -0.2) is 38.4 Å². The molecule has 3 heterocycles. The zero-order valence-electron chi connectivity index (χ0n) is 18.5. The van der Waals surface area contributed by atoms with Crippen LogP contribution >= 0.6 is 11.3 Å². The molecule has 0 saturated heterocycles. The summed E-state index contributed by atoms with van der Waals surface area (Å²) in [6.45, 7) is 7.37. The van der Waals surface area contributed by atoms with Gasteiger partial charge in [-0.2, -0.15) is 5.10 Å². The fourth-order valence-electron chi connectivity index (χ4n) is 3.33. The number of rotatable bonds is 4. The fraction of sp³-hybridized carbons (Fsp3) is 0.273. The van der Waals surface area contributed by atoms with Gasteiger partial charge in [0.25, 0.3) is 0 Å². The van der Waals surface area contributed by atoms with Gasteiger partial charge in [0.15, 0.2) is 5.82 Å². The number of carbonyl (C=O) groups excluding carboxylic acids is 1. The second kappa shape index (κ2) is 8.12. The van der Waals surface area contributed by atoms with Crippen LogP contribution in [0.15, 0.2) is 36.0 Å². The molecular weight excluding hydrogens is 428 g/mol. The number of carbonyl (C=O) groups is 1. The van der Waals surface area contributed by atoms with E-state index in [-0.39, 0.29) is 0 Å². The molecule has 4 rings (SSSR count). The molecule has 9 nitrogen and oxygen atoms in total. The first-order chi connectivity index (χ1) is 15.2. The number of nitrogens with zero attached hydrogens (tertiary/aromatic N) is 4. The average molecular weight is 453 g/mol. The molecule has 1 aromatic carbocycles. The maximum atomic E-state index is 12.2. The lowest BCUT2D eigenvalue weighted by Crippen LogP contribution is -2.27. The Hall–Kier alpha value is -3.66. The molecule has 32 heavy (non-hydrogen) atoms. The number of thiazole rings is 1. The Kier molecular flexibility index (Phi) is 5.47. The van der Waals surface area contributed by atoms with Crippen LogP contribution in [0, 0.1) is 6.92 Å². The molecule has 0 aliphatic carbocycles. The molecule has 166 valence electrons. The van der Waals surface area contributed by atoms with Crippen molar-refractivity contribution in [1.82, 2.24) is 19.6 Å². The van der Waals surface area contributed by atoms with E-state index >= 15 is 0 Å². The number of aromatic nitrogens is 4. The highest BCUT2D eigenvalue weighted by Crippen LogP contribution is 2.38. The maximum absolute atomic E-state index is 12.2. The number of amides is 1. The second-order valence-electron chi connectivity index (χ2n) is 8.14. The molecule has 0 unspecified atom stereocenters. The predicted molar refractivity (Wildman–Crippen MR) is 125 cm³/mol. The van der Waals surface area contributed by atoms with Crippen molar-refractivity contribution in [3.8, 4) is 28.3 Å². The van der Waals surface area contributed by atoms with Gasteiger partial charge in [-0.05, 0) is 51.5 Å². The summed E-state index contributed by atoms with van der Waals surface area (Å²) in [5.41, 5.74) is 10.0. The molecule has 0 fully saturated rings. The summed E-state index contributed by atoms with van der Waals surface area (Å²) in [6.07, 6.45) is 0.861. The fourth-order valence-corrected chi connectivity index (χ4v) is 3.93. The van der Waals surface area contributed by atoms with Crippen LogP contribution in [0.3, 0.4) is 0 Å². The molecule has 0 radical (unpaired) electrons. The highest BCUT2D eigenvalue weighted by atomic mass is 32.1. The summed E-state index contributed by atoms with van der Waals surface area (Å²) >= 11 is 1.56.